The van der Waals surface area contributed by atoms with Crippen molar-refractivity contribution in [2.75, 3.05) is 13.6 Å². The number of guanidine groups is 1. The van der Waals surface area contributed by atoms with Gasteiger partial charge in [0.2, 0.25) is 5.91 Å². The van der Waals surface area contributed by atoms with Crippen LogP contribution in [0.3, 0.4) is 0 Å². The van der Waals surface area contributed by atoms with Crippen molar-refractivity contribution in [3.05, 3.63) is 22.4 Å². The number of thiophene rings is 1. The minimum Gasteiger partial charge on any atom is -0.356 e. The summed E-state index contributed by atoms with van der Waals surface area (Å²) in [6.45, 7) is 1.35. The molecule has 1 heterocycles. The van der Waals surface area contributed by atoms with Gasteiger partial charge in [0.25, 0.3) is 0 Å². The molecule has 23 heavy (non-hydrogen) atoms. The second kappa shape index (κ2) is 11.7. The third kappa shape index (κ3) is 8.01. The molecule has 1 aromatic rings. The molecule has 1 aliphatic carbocycles. The number of hydrogen-bond acceptors (Lipinski definition) is 3. The Bertz CT molecular complexity index is 472. The Morgan fingerprint density at radius 1 is 1.30 bits per heavy atom. The first kappa shape index (κ1) is 20.2. The second-order valence-electron chi connectivity index (χ2n) is 5.64. The minimum absolute atomic E-state index is 0. The number of halogens is 1. The molecule has 0 radical (unpaired) electrons. The van der Waals surface area contributed by atoms with Crippen LogP contribution in [0.5, 0.6) is 0 Å². The number of nitrogens with one attached hydrogen (secondary N) is 3. The average molecular weight is 450 g/mol. The van der Waals surface area contributed by atoms with E-state index in [1.165, 1.54) is 24.8 Å². The topological polar surface area (TPSA) is 65.5 Å². The van der Waals surface area contributed by atoms with Crippen molar-refractivity contribution >= 4 is 47.2 Å². The summed E-state index contributed by atoms with van der Waals surface area (Å²) in [5, 5.41) is 13.7. The van der Waals surface area contributed by atoms with Crippen molar-refractivity contribution < 1.29 is 4.79 Å². The maximum absolute atomic E-state index is 11.9. The predicted molar refractivity (Wildman–Crippen MR) is 108 cm³/mol. The van der Waals surface area contributed by atoms with Gasteiger partial charge in [-0.15, -0.1) is 24.0 Å². The van der Waals surface area contributed by atoms with Crippen LogP contribution in [0.1, 0.15) is 44.1 Å². The van der Waals surface area contributed by atoms with Crippen LogP contribution in [0.4, 0.5) is 0 Å². The lowest BCUT2D eigenvalue weighted by molar-refractivity contribution is -0.121. The summed E-state index contributed by atoms with van der Waals surface area (Å²) >= 11 is 1.68. The van der Waals surface area contributed by atoms with E-state index in [1.54, 1.807) is 18.4 Å². The summed E-state index contributed by atoms with van der Waals surface area (Å²) in [6, 6.07) is 2.47. The summed E-state index contributed by atoms with van der Waals surface area (Å²) in [4.78, 5) is 16.1. The highest BCUT2D eigenvalue weighted by molar-refractivity contribution is 14.0. The molecule has 130 valence electrons. The molecule has 2 rings (SSSR count). The van der Waals surface area contributed by atoms with E-state index in [9.17, 15) is 4.79 Å². The monoisotopic (exact) mass is 450 g/mol. The first-order valence-electron chi connectivity index (χ1n) is 8.03. The van der Waals surface area contributed by atoms with Crippen molar-refractivity contribution in [2.24, 2.45) is 4.99 Å². The summed E-state index contributed by atoms with van der Waals surface area (Å²) in [6.07, 6.45) is 6.52. The fraction of sp³-hybridized carbons (Fsp3) is 0.625. The van der Waals surface area contributed by atoms with E-state index < -0.39 is 0 Å². The number of amides is 1. The second-order valence-corrected chi connectivity index (χ2v) is 6.42. The van der Waals surface area contributed by atoms with Gasteiger partial charge in [0.05, 0.1) is 0 Å². The minimum atomic E-state index is 0. The van der Waals surface area contributed by atoms with Gasteiger partial charge in [-0.1, -0.05) is 19.3 Å². The van der Waals surface area contributed by atoms with Crippen LogP contribution in [-0.4, -0.2) is 31.5 Å². The van der Waals surface area contributed by atoms with E-state index >= 15 is 0 Å². The van der Waals surface area contributed by atoms with Gasteiger partial charge in [0, 0.05) is 32.6 Å². The zero-order valence-corrected chi connectivity index (χ0v) is 16.8. The lowest BCUT2D eigenvalue weighted by Crippen LogP contribution is -2.41. The normalized spacial score (nSPS) is 15.6. The first-order valence-corrected chi connectivity index (χ1v) is 8.97. The molecular formula is C16H27IN4OS. The quantitative estimate of drug-likeness (QED) is 0.355. The van der Waals surface area contributed by atoms with E-state index in [1.807, 2.05) is 0 Å². The number of carbonyl (C=O) groups excluding carboxylic acids is 1. The van der Waals surface area contributed by atoms with Gasteiger partial charge in [-0.05, 0) is 35.2 Å². The van der Waals surface area contributed by atoms with E-state index in [0.29, 0.717) is 19.0 Å². The molecule has 1 aliphatic rings. The van der Waals surface area contributed by atoms with Crippen LogP contribution < -0.4 is 16.0 Å². The Hall–Kier alpha value is -0.830. The summed E-state index contributed by atoms with van der Waals surface area (Å²) in [5.74, 6) is 0.865. The molecule has 0 unspecified atom stereocenters. The Balaban J connectivity index is 0.00000264. The molecule has 0 spiro atoms. The molecule has 5 nitrogen and oxygen atoms in total. The zero-order valence-electron chi connectivity index (χ0n) is 13.6. The van der Waals surface area contributed by atoms with Crippen LogP contribution in [0.15, 0.2) is 21.8 Å². The number of carbonyl (C=O) groups is 1. The summed E-state index contributed by atoms with van der Waals surface area (Å²) in [5.41, 5.74) is 1.24. The highest BCUT2D eigenvalue weighted by atomic mass is 127. The molecule has 0 bridgehead atoms. The van der Waals surface area contributed by atoms with Crippen molar-refractivity contribution in [3.63, 3.8) is 0 Å². The Morgan fingerprint density at radius 2 is 2.09 bits per heavy atom. The molecule has 0 aliphatic heterocycles. The highest BCUT2D eigenvalue weighted by Gasteiger charge is 2.15. The maximum atomic E-state index is 11.9. The zero-order chi connectivity index (χ0) is 15.6. The van der Waals surface area contributed by atoms with Gasteiger partial charge < -0.3 is 16.0 Å². The van der Waals surface area contributed by atoms with Gasteiger partial charge in [-0.25, -0.2) is 0 Å². The third-order valence-corrected chi connectivity index (χ3v) is 4.61. The smallest absolute Gasteiger partial charge is 0.221 e. The molecule has 1 fully saturated rings. The third-order valence-electron chi connectivity index (χ3n) is 3.88. The van der Waals surface area contributed by atoms with Crippen molar-refractivity contribution in [1.29, 1.82) is 0 Å². The lowest BCUT2D eigenvalue weighted by atomic mass is 9.95. The molecular weight excluding hydrogens is 423 g/mol. The van der Waals surface area contributed by atoms with Crippen LogP contribution in [0.2, 0.25) is 0 Å². The SMILES string of the molecule is CN=C(NCCC(=O)NC1CCCCC1)NCc1ccsc1.I. The van der Waals surface area contributed by atoms with E-state index in [-0.39, 0.29) is 29.9 Å². The molecule has 0 aromatic carbocycles. The first-order chi connectivity index (χ1) is 10.8. The van der Waals surface area contributed by atoms with Gasteiger partial charge >= 0.3 is 0 Å². The maximum Gasteiger partial charge on any atom is 0.221 e. The van der Waals surface area contributed by atoms with Crippen molar-refractivity contribution in [1.82, 2.24) is 16.0 Å². The molecule has 7 heteroatoms. The number of nitrogens with zero attached hydrogens (tertiary/aromatic N) is 1. The largest absolute Gasteiger partial charge is 0.356 e. The summed E-state index contributed by atoms with van der Waals surface area (Å²) < 4.78 is 0. The predicted octanol–water partition coefficient (Wildman–Crippen LogP) is 2.87. The van der Waals surface area contributed by atoms with Crippen LogP contribution in [0, 0.1) is 0 Å². The highest BCUT2D eigenvalue weighted by Crippen LogP contribution is 2.17. The molecule has 0 atom stereocenters. The molecule has 1 aromatic heterocycles. The van der Waals surface area contributed by atoms with Gasteiger partial charge in [0.15, 0.2) is 5.96 Å². The van der Waals surface area contributed by atoms with Gasteiger partial charge in [-0.3, -0.25) is 9.79 Å². The van der Waals surface area contributed by atoms with Crippen LogP contribution in [-0.2, 0) is 11.3 Å². The number of aliphatic imine (C=N–C) groups is 1. The van der Waals surface area contributed by atoms with Gasteiger partial charge in [0.1, 0.15) is 0 Å². The van der Waals surface area contributed by atoms with Crippen molar-refractivity contribution in [3.8, 4) is 0 Å². The molecule has 0 saturated heterocycles. The average Bonchev–Trinajstić information content (AvgIpc) is 3.05. The molecule has 1 saturated carbocycles. The van der Waals surface area contributed by atoms with Crippen LogP contribution >= 0.6 is 35.3 Å². The Labute approximate surface area is 159 Å². The Morgan fingerprint density at radius 3 is 2.74 bits per heavy atom. The molecule has 1 amide bonds. The van der Waals surface area contributed by atoms with Gasteiger partial charge in [-0.2, -0.15) is 11.3 Å². The summed E-state index contributed by atoms with van der Waals surface area (Å²) in [7, 11) is 1.74. The standard InChI is InChI=1S/C16H26N4OS.HI/c1-17-16(19-11-13-8-10-22-12-13)18-9-7-15(21)20-14-5-3-2-4-6-14;/h8,10,12,14H,2-7,9,11H2,1H3,(H,20,21)(H2,17,18,19);1H. The van der Waals surface area contributed by atoms with E-state index in [4.69, 9.17) is 0 Å². The Kier molecular flexibility index (Phi) is 10.3. The fourth-order valence-electron chi connectivity index (χ4n) is 2.64. The van der Waals surface area contributed by atoms with E-state index in [0.717, 1.165) is 25.3 Å². The number of rotatable bonds is 6. The molecule has 3 N–H and O–H groups in total. The lowest BCUT2D eigenvalue weighted by Gasteiger charge is -2.22. The number of hydrogen-bond donors (Lipinski definition) is 3. The van der Waals surface area contributed by atoms with Crippen molar-refractivity contribution in [2.45, 2.75) is 51.1 Å². The van der Waals surface area contributed by atoms with E-state index in [2.05, 4.69) is 37.8 Å². The fourth-order valence-corrected chi connectivity index (χ4v) is 3.31. The van der Waals surface area contributed by atoms with Crippen LogP contribution in [0.25, 0.3) is 0 Å².